The molecule has 0 bridgehead atoms. The van der Waals surface area contributed by atoms with Crippen LogP contribution in [-0.4, -0.2) is 44.8 Å². The second-order valence-electron chi connectivity index (χ2n) is 11.0. The van der Waals surface area contributed by atoms with Gasteiger partial charge in [-0.2, -0.15) is 0 Å². The summed E-state index contributed by atoms with van der Waals surface area (Å²) < 4.78 is 16.9. The maximum atomic E-state index is 13.2. The molecular weight excluding hydrogens is 580 g/mol. The van der Waals surface area contributed by atoms with Crippen molar-refractivity contribution < 1.29 is 23.2 Å². The smallest absolute Gasteiger partial charge is 0.327 e. The molecule has 3 aromatic carbocycles. The minimum absolute atomic E-state index is 0.0721. The van der Waals surface area contributed by atoms with Gasteiger partial charge in [-0.05, 0) is 60.2 Å². The summed E-state index contributed by atoms with van der Waals surface area (Å²) in [6.07, 6.45) is 12.6. The molecule has 5 aromatic rings. The van der Waals surface area contributed by atoms with Gasteiger partial charge in [-0.3, -0.25) is 9.69 Å². The van der Waals surface area contributed by atoms with Crippen molar-refractivity contribution in [3.05, 3.63) is 137 Å². The first-order chi connectivity index (χ1) is 22.5. The number of benzene rings is 3. The normalized spacial score (nSPS) is 15.1. The predicted molar refractivity (Wildman–Crippen MR) is 175 cm³/mol. The molecule has 0 saturated carbocycles. The number of likely N-dealkylation sites (N-methyl/N-ethyl adjacent to an activating group) is 1. The Kier molecular flexibility index (Phi) is 9.49. The van der Waals surface area contributed by atoms with Crippen molar-refractivity contribution in [2.75, 3.05) is 7.05 Å². The largest absolute Gasteiger partial charge is 0.487 e. The Morgan fingerprint density at radius 1 is 0.761 bits per heavy atom. The van der Waals surface area contributed by atoms with Gasteiger partial charge in [-0.15, -0.1) is 0 Å². The van der Waals surface area contributed by atoms with Crippen molar-refractivity contribution in [1.82, 2.24) is 19.8 Å². The highest BCUT2D eigenvalue weighted by Gasteiger charge is 2.42. The molecule has 232 valence electrons. The molecule has 3 heterocycles. The fourth-order valence-corrected chi connectivity index (χ4v) is 5.20. The van der Waals surface area contributed by atoms with Gasteiger partial charge in [0.2, 0.25) is 11.8 Å². The number of hydrogen-bond donors (Lipinski definition) is 0. The zero-order chi connectivity index (χ0) is 31.7. The quantitative estimate of drug-likeness (QED) is 0.128. The summed E-state index contributed by atoms with van der Waals surface area (Å²) in [4.78, 5) is 37.7. The van der Waals surface area contributed by atoms with E-state index in [2.05, 4.69) is 9.97 Å². The minimum Gasteiger partial charge on any atom is -0.487 e. The fraction of sp³-hybridized carbons (Fsp3) is 0.189. The van der Waals surface area contributed by atoms with Gasteiger partial charge in [0.15, 0.2) is 0 Å². The highest BCUT2D eigenvalue weighted by atomic mass is 16.5. The Hall–Kier alpha value is -5.70. The van der Waals surface area contributed by atoms with Crippen LogP contribution in [0.1, 0.15) is 52.7 Å². The van der Waals surface area contributed by atoms with Crippen molar-refractivity contribution in [2.45, 2.75) is 38.5 Å². The van der Waals surface area contributed by atoms with Crippen LogP contribution in [0.4, 0.5) is 4.79 Å². The molecule has 1 atom stereocenters. The molecule has 1 saturated heterocycles. The number of rotatable bonds is 13. The van der Waals surface area contributed by atoms with E-state index in [0.717, 1.165) is 35.3 Å². The number of oxazole rings is 2. The third kappa shape index (κ3) is 7.68. The van der Waals surface area contributed by atoms with E-state index in [1.165, 1.54) is 16.1 Å². The number of nitrogens with zero attached hydrogens (tertiary/aromatic N) is 4. The molecule has 0 N–H and O–H groups in total. The number of imide groups is 1. The Labute approximate surface area is 267 Å². The van der Waals surface area contributed by atoms with Crippen LogP contribution in [0.2, 0.25) is 0 Å². The average molecular weight is 615 g/mol. The number of carbonyl (C=O) groups is 2. The lowest BCUT2D eigenvalue weighted by molar-refractivity contribution is -0.128. The molecule has 0 radical (unpaired) electrons. The third-order valence-electron chi connectivity index (χ3n) is 7.70. The molecule has 0 spiro atoms. The summed E-state index contributed by atoms with van der Waals surface area (Å²) in [5, 5.41) is 0. The van der Waals surface area contributed by atoms with Gasteiger partial charge in [0.05, 0.1) is 12.2 Å². The van der Waals surface area contributed by atoms with Crippen LogP contribution in [0.5, 0.6) is 5.75 Å². The molecule has 6 rings (SSSR count). The topological polar surface area (TPSA) is 102 Å². The Bertz CT molecular complexity index is 1810. The van der Waals surface area contributed by atoms with Gasteiger partial charge in [-0.1, -0.05) is 72.8 Å². The average Bonchev–Trinajstić information content (AvgIpc) is 3.80. The molecule has 1 aliphatic heterocycles. The van der Waals surface area contributed by atoms with E-state index >= 15 is 0 Å². The Balaban J connectivity index is 0.948. The first-order valence-corrected chi connectivity index (χ1v) is 15.2. The van der Waals surface area contributed by atoms with E-state index in [1.807, 2.05) is 103 Å². The Morgan fingerprint density at radius 2 is 1.35 bits per heavy atom. The second-order valence-corrected chi connectivity index (χ2v) is 11.0. The molecule has 1 aliphatic rings. The molecule has 0 aliphatic carbocycles. The van der Waals surface area contributed by atoms with Gasteiger partial charge < -0.3 is 18.5 Å². The fourth-order valence-electron chi connectivity index (χ4n) is 5.20. The van der Waals surface area contributed by atoms with Crippen LogP contribution in [0.3, 0.4) is 0 Å². The van der Waals surface area contributed by atoms with E-state index in [9.17, 15) is 9.59 Å². The first kappa shape index (κ1) is 30.3. The summed E-state index contributed by atoms with van der Waals surface area (Å²) in [5.74, 6) is 1.45. The van der Waals surface area contributed by atoms with Crippen molar-refractivity contribution in [2.24, 2.45) is 0 Å². The Morgan fingerprint density at radius 3 is 1.98 bits per heavy atom. The van der Waals surface area contributed by atoms with Gasteiger partial charge in [0.25, 0.3) is 5.91 Å². The van der Waals surface area contributed by atoms with Crippen LogP contribution in [0, 0.1) is 0 Å². The van der Waals surface area contributed by atoms with Crippen molar-refractivity contribution >= 4 is 36.2 Å². The molecule has 9 heteroatoms. The number of aryl methyl sites for hydroxylation is 1. The van der Waals surface area contributed by atoms with Crippen LogP contribution < -0.4 is 4.74 Å². The highest BCUT2D eigenvalue weighted by Crippen LogP contribution is 2.24. The molecule has 2 aromatic heterocycles. The van der Waals surface area contributed by atoms with Crippen molar-refractivity contribution in [1.29, 1.82) is 0 Å². The van der Waals surface area contributed by atoms with Crippen LogP contribution in [0.15, 0.2) is 106 Å². The van der Waals surface area contributed by atoms with Gasteiger partial charge in [0, 0.05) is 19.2 Å². The van der Waals surface area contributed by atoms with E-state index in [0.29, 0.717) is 36.2 Å². The number of urea groups is 1. The lowest BCUT2D eigenvalue weighted by Crippen LogP contribution is -2.31. The molecule has 46 heavy (non-hydrogen) atoms. The highest BCUT2D eigenvalue weighted by molar-refractivity contribution is 6.03. The summed E-state index contributed by atoms with van der Waals surface area (Å²) >= 11 is 0. The van der Waals surface area contributed by atoms with E-state index in [4.69, 9.17) is 13.6 Å². The number of amides is 3. The molecule has 3 amide bonds. The van der Waals surface area contributed by atoms with Crippen LogP contribution in [0.25, 0.3) is 24.3 Å². The van der Waals surface area contributed by atoms with Crippen molar-refractivity contribution in [3.8, 4) is 5.75 Å². The minimum atomic E-state index is -0.505. The monoisotopic (exact) mass is 614 g/mol. The zero-order valence-electron chi connectivity index (χ0n) is 25.5. The molecule has 1 fully saturated rings. The predicted octanol–water partition coefficient (Wildman–Crippen LogP) is 7.37. The van der Waals surface area contributed by atoms with Crippen LogP contribution >= 0.6 is 0 Å². The van der Waals surface area contributed by atoms with E-state index < -0.39 is 6.04 Å². The number of hydrogen-bond acceptors (Lipinski definition) is 7. The van der Waals surface area contributed by atoms with Gasteiger partial charge >= 0.3 is 6.03 Å². The van der Waals surface area contributed by atoms with Gasteiger partial charge in [0.1, 0.15) is 36.6 Å². The molecule has 9 nitrogen and oxygen atoms in total. The standard InChI is InChI=1S/C37H34N4O5/c1-40-33(36(42)41(37(40)43)23-30-24-45-34(38-30)21-17-27-9-4-2-5-10-27)14-8-13-29-15-19-32(20-16-29)44-25-31-26-46-35(39-31)22-18-28-11-6-3-7-12-28/h2-7,9-12,15-22,24,26,33H,8,13-14,23,25H2,1H3/b21-17+,22-18+. The van der Waals surface area contributed by atoms with Crippen LogP contribution in [-0.2, 0) is 24.4 Å². The molecule has 1 unspecified atom stereocenters. The SMILES string of the molecule is CN1C(=O)N(Cc2coc(/C=C/c3ccccc3)n2)C(=O)C1CCCc1ccc(OCc2coc(/C=C/c3ccccc3)n2)cc1. The van der Waals surface area contributed by atoms with Crippen molar-refractivity contribution in [3.63, 3.8) is 0 Å². The summed E-state index contributed by atoms with van der Waals surface area (Å²) in [6.45, 7) is 0.366. The zero-order valence-corrected chi connectivity index (χ0v) is 25.5. The summed E-state index contributed by atoms with van der Waals surface area (Å²) in [5.41, 5.74) is 4.44. The lowest BCUT2D eigenvalue weighted by atomic mass is 10.0. The van der Waals surface area contributed by atoms with Gasteiger partial charge in [-0.25, -0.2) is 14.8 Å². The summed E-state index contributed by atoms with van der Waals surface area (Å²) in [6, 6.07) is 26.8. The van der Waals surface area contributed by atoms with E-state index in [1.54, 1.807) is 19.4 Å². The second kappa shape index (κ2) is 14.4. The maximum absolute atomic E-state index is 13.2. The third-order valence-corrected chi connectivity index (χ3v) is 7.70. The number of aromatic nitrogens is 2. The maximum Gasteiger partial charge on any atom is 0.327 e. The lowest BCUT2D eigenvalue weighted by Gasteiger charge is -2.15. The number of ether oxygens (including phenoxy) is 1. The number of carbonyl (C=O) groups excluding carboxylic acids is 2. The van der Waals surface area contributed by atoms with E-state index in [-0.39, 0.29) is 18.5 Å². The molecular formula is C37H34N4O5. The first-order valence-electron chi connectivity index (χ1n) is 15.2. The summed E-state index contributed by atoms with van der Waals surface area (Å²) in [7, 11) is 1.67.